The summed E-state index contributed by atoms with van der Waals surface area (Å²) in [6, 6.07) is 13.4. The smallest absolute Gasteiger partial charge is 0.229 e. The zero-order valence-electron chi connectivity index (χ0n) is 13.7. The molecule has 3 rings (SSSR count). The molecule has 1 aliphatic heterocycles. The number of carbonyl (C=O) groups excluding carboxylic acids is 2. The Hall–Kier alpha value is -2.14. The first-order chi connectivity index (χ1) is 11.5. The maximum absolute atomic E-state index is 12.5. The van der Waals surface area contributed by atoms with Crippen LogP contribution in [0.25, 0.3) is 0 Å². The Balaban J connectivity index is 1.74. The summed E-state index contributed by atoms with van der Waals surface area (Å²) < 4.78 is 0.956. The van der Waals surface area contributed by atoms with E-state index in [1.807, 2.05) is 56.3 Å². The highest BCUT2D eigenvalue weighted by Crippen LogP contribution is 2.31. The fourth-order valence-corrected chi connectivity index (χ4v) is 3.37. The van der Waals surface area contributed by atoms with Crippen LogP contribution in [0.3, 0.4) is 0 Å². The van der Waals surface area contributed by atoms with Gasteiger partial charge >= 0.3 is 0 Å². The van der Waals surface area contributed by atoms with Gasteiger partial charge in [0.05, 0.1) is 5.92 Å². The summed E-state index contributed by atoms with van der Waals surface area (Å²) in [5.74, 6) is -0.442. The fourth-order valence-electron chi connectivity index (χ4n) is 3.11. The zero-order valence-corrected chi connectivity index (χ0v) is 15.3. The summed E-state index contributed by atoms with van der Waals surface area (Å²) in [5, 5.41) is 2.89. The van der Waals surface area contributed by atoms with Crippen molar-refractivity contribution in [3.05, 3.63) is 58.1 Å². The highest BCUT2D eigenvalue weighted by atomic mass is 79.9. The number of aryl methyl sites for hydroxylation is 2. The molecule has 1 atom stereocenters. The summed E-state index contributed by atoms with van der Waals surface area (Å²) in [4.78, 5) is 26.7. The molecule has 24 heavy (non-hydrogen) atoms. The highest BCUT2D eigenvalue weighted by Gasteiger charge is 2.36. The SMILES string of the molecule is Cc1cccc(C)c1N1C[C@@H](C(=O)Nc2ccc(Br)cc2)CC1=O. The molecule has 1 saturated heterocycles. The molecule has 124 valence electrons. The van der Waals surface area contributed by atoms with Crippen LogP contribution in [0, 0.1) is 19.8 Å². The summed E-state index contributed by atoms with van der Waals surface area (Å²) in [7, 11) is 0. The number of hydrogen-bond acceptors (Lipinski definition) is 2. The van der Waals surface area contributed by atoms with E-state index < -0.39 is 0 Å². The molecular weight excluding hydrogens is 368 g/mol. The van der Waals surface area contributed by atoms with E-state index in [1.165, 1.54) is 0 Å². The average Bonchev–Trinajstić information content (AvgIpc) is 2.91. The molecule has 1 N–H and O–H groups in total. The number of benzene rings is 2. The number of nitrogens with one attached hydrogen (secondary N) is 1. The molecule has 0 bridgehead atoms. The van der Waals surface area contributed by atoms with E-state index in [2.05, 4.69) is 21.2 Å². The molecule has 0 unspecified atom stereocenters. The lowest BCUT2D eigenvalue weighted by atomic mass is 10.1. The number of anilines is 2. The second kappa shape index (κ2) is 6.77. The molecule has 1 heterocycles. The van der Waals surface area contributed by atoms with Gasteiger partial charge in [-0.1, -0.05) is 34.1 Å². The van der Waals surface area contributed by atoms with Crippen molar-refractivity contribution in [1.82, 2.24) is 0 Å². The average molecular weight is 387 g/mol. The van der Waals surface area contributed by atoms with Crippen LogP contribution < -0.4 is 10.2 Å². The Labute approximate surface area is 150 Å². The van der Waals surface area contributed by atoms with Crippen LogP contribution in [-0.2, 0) is 9.59 Å². The molecule has 0 aliphatic carbocycles. The standard InChI is InChI=1S/C19H19BrN2O2/c1-12-4-3-5-13(2)18(12)22-11-14(10-17(22)23)19(24)21-16-8-6-15(20)7-9-16/h3-9,14H,10-11H2,1-2H3,(H,21,24)/t14-/m0/s1. The van der Waals surface area contributed by atoms with Gasteiger partial charge in [0.15, 0.2) is 0 Å². The van der Waals surface area contributed by atoms with Gasteiger partial charge in [0.1, 0.15) is 0 Å². The van der Waals surface area contributed by atoms with E-state index in [1.54, 1.807) is 4.90 Å². The van der Waals surface area contributed by atoms with Crippen molar-refractivity contribution in [3.63, 3.8) is 0 Å². The minimum absolute atomic E-state index is 0.00311. The molecule has 0 spiro atoms. The molecule has 4 nitrogen and oxygen atoms in total. The van der Waals surface area contributed by atoms with Gasteiger partial charge in [0.25, 0.3) is 0 Å². The monoisotopic (exact) mass is 386 g/mol. The summed E-state index contributed by atoms with van der Waals surface area (Å²) >= 11 is 3.37. The molecule has 0 saturated carbocycles. The Morgan fingerprint density at radius 2 is 1.75 bits per heavy atom. The fraction of sp³-hybridized carbons (Fsp3) is 0.263. The number of amides is 2. The topological polar surface area (TPSA) is 49.4 Å². The van der Waals surface area contributed by atoms with Gasteiger partial charge in [-0.15, -0.1) is 0 Å². The zero-order chi connectivity index (χ0) is 17.3. The van der Waals surface area contributed by atoms with Crippen molar-refractivity contribution in [2.24, 2.45) is 5.92 Å². The normalized spacial score (nSPS) is 17.2. The van der Waals surface area contributed by atoms with E-state index in [9.17, 15) is 9.59 Å². The number of nitrogens with zero attached hydrogens (tertiary/aromatic N) is 1. The molecular formula is C19H19BrN2O2. The number of carbonyl (C=O) groups is 2. The predicted molar refractivity (Wildman–Crippen MR) is 99.1 cm³/mol. The molecule has 5 heteroatoms. The van der Waals surface area contributed by atoms with E-state index in [0.29, 0.717) is 6.54 Å². The van der Waals surface area contributed by atoms with Gasteiger partial charge < -0.3 is 10.2 Å². The Morgan fingerprint density at radius 1 is 1.12 bits per heavy atom. The van der Waals surface area contributed by atoms with Crippen molar-refractivity contribution in [3.8, 4) is 0 Å². The highest BCUT2D eigenvalue weighted by molar-refractivity contribution is 9.10. The van der Waals surface area contributed by atoms with Crippen LogP contribution >= 0.6 is 15.9 Å². The summed E-state index contributed by atoms with van der Waals surface area (Å²) in [6.07, 6.45) is 0.246. The molecule has 0 radical (unpaired) electrons. The Kier molecular flexibility index (Phi) is 4.71. The van der Waals surface area contributed by atoms with Crippen molar-refractivity contribution in [2.75, 3.05) is 16.8 Å². The molecule has 2 aromatic carbocycles. The Morgan fingerprint density at radius 3 is 2.38 bits per heavy atom. The number of hydrogen-bond donors (Lipinski definition) is 1. The van der Waals surface area contributed by atoms with Crippen molar-refractivity contribution < 1.29 is 9.59 Å². The third-order valence-corrected chi connectivity index (χ3v) is 4.85. The summed E-state index contributed by atoms with van der Waals surface area (Å²) in [5.41, 5.74) is 3.78. The molecule has 1 aliphatic rings. The van der Waals surface area contributed by atoms with Gasteiger partial charge in [0, 0.05) is 28.8 Å². The van der Waals surface area contributed by atoms with Gasteiger partial charge in [-0.25, -0.2) is 0 Å². The number of halogens is 1. The maximum Gasteiger partial charge on any atom is 0.229 e. The molecule has 2 aromatic rings. The van der Waals surface area contributed by atoms with E-state index in [-0.39, 0.29) is 24.2 Å². The van der Waals surface area contributed by atoms with Crippen LogP contribution in [0.2, 0.25) is 0 Å². The number of para-hydroxylation sites is 1. The van der Waals surface area contributed by atoms with Gasteiger partial charge in [-0.2, -0.15) is 0 Å². The van der Waals surface area contributed by atoms with Gasteiger partial charge in [-0.05, 0) is 49.2 Å². The minimum Gasteiger partial charge on any atom is -0.326 e. The van der Waals surface area contributed by atoms with Crippen LogP contribution in [0.1, 0.15) is 17.5 Å². The first kappa shape index (κ1) is 16.7. The third kappa shape index (κ3) is 3.36. The third-order valence-electron chi connectivity index (χ3n) is 4.32. The lowest BCUT2D eigenvalue weighted by Gasteiger charge is -2.21. The Bertz CT molecular complexity index is 766. The van der Waals surface area contributed by atoms with Crippen molar-refractivity contribution in [2.45, 2.75) is 20.3 Å². The quantitative estimate of drug-likeness (QED) is 0.864. The van der Waals surface area contributed by atoms with E-state index in [0.717, 1.165) is 27.0 Å². The van der Waals surface area contributed by atoms with Crippen LogP contribution in [0.4, 0.5) is 11.4 Å². The molecule has 1 fully saturated rings. The second-order valence-electron chi connectivity index (χ2n) is 6.14. The van der Waals surface area contributed by atoms with Crippen LogP contribution in [0.5, 0.6) is 0 Å². The summed E-state index contributed by atoms with van der Waals surface area (Å²) in [6.45, 7) is 4.41. The van der Waals surface area contributed by atoms with E-state index >= 15 is 0 Å². The van der Waals surface area contributed by atoms with E-state index in [4.69, 9.17) is 0 Å². The minimum atomic E-state index is -0.333. The van der Waals surface area contributed by atoms with Gasteiger partial charge in [0.2, 0.25) is 11.8 Å². The lowest BCUT2D eigenvalue weighted by molar-refractivity contribution is -0.122. The maximum atomic E-state index is 12.5. The van der Waals surface area contributed by atoms with Crippen molar-refractivity contribution >= 4 is 39.1 Å². The van der Waals surface area contributed by atoms with Crippen LogP contribution in [0.15, 0.2) is 46.9 Å². The first-order valence-electron chi connectivity index (χ1n) is 7.88. The second-order valence-corrected chi connectivity index (χ2v) is 7.06. The first-order valence-corrected chi connectivity index (χ1v) is 8.68. The van der Waals surface area contributed by atoms with Gasteiger partial charge in [-0.3, -0.25) is 9.59 Å². The lowest BCUT2D eigenvalue weighted by Crippen LogP contribution is -2.29. The van der Waals surface area contributed by atoms with Crippen LogP contribution in [-0.4, -0.2) is 18.4 Å². The predicted octanol–water partition coefficient (Wildman–Crippen LogP) is 4.06. The largest absolute Gasteiger partial charge is 0.326 e. The number of rotatable bonds is 3. The molecule has 2 amide bonds. The molecule has 0 aromatic heterocycles. The van der Waals surface area contributed by atoms with Crippen molar-refractivity contribution in [1.29, 1.82) is 0 Å².